The zero-order valence-electron chi connectivity index (χ0n) is 14.7. The number of carbonyl (C=O) groups is 4. The van der Waals surface area contributed by atoms with Crippen molar-refractivity contribution in [3.05, 3.63) is 54.0 Å². The zero-order valence-corrected chi connectivity index (χ0v) is 14.7. The van der Waals surface area contributed by atoms with Crippen molar-refractivity contribution in [1.29, 1.82) is 0 Å². The molecule has 0 radical (unpaired) electrons. The molecule has 1 saturated heterocycles. The van der Waals surface area contributed by atoms with Crippen LogP contribution in [0.15, 0.2) is 47.3 Å². The summed E-state index contributed by atoms with van der Waals surface area (Å²) >= 11 is 0. The van der Waals surface area contributed by atoms with Gasteiger partial charge in [0.05, 0.1) is 11.8 Å². The van der Waals surface area contributed by atoms with Crippen LogP contribution in [0.1, 0.15) is 29.8 Å². The van der Waals surface area contributed by atoms with Gasteiger partial charge in [0.1, 0.15) is 17.8 Å². The molecule has 4 N–H and O–H groups in total. The van der Waals surface area contributed by atoms with Crippen molar-refractivity contribution >= 4 is 29.4 Å². The molecule has 1 fully saturated rings. The number of anilines is 1. The molecule has 0 spiro atoms. The van der Waals surface area contributed by atoms with Crippen molar-refractivity contribution in [2.45, 2.75) is 25.4 Å². The van der Waals surface area contributed by atoms with Crippen molar-refractivity contribution in [2.24, 2.45) is 0 Å². The molecule has 9 nitrogen and oxygen atoms in total. The molecule has 0 bridgehead atoms. The fourth-order valence-electron chi connectivity index (χ4n) is 2.62. The molecular weight excluding hydrogens is 352 g/mol. The van der Waals surface area contributed by atoms with Gasteiger partial charge < -0.3 is 20.4 Å². The molecule has 5 amide bonds. The van der Waals surface area contributed by atoms with Gasteiger partial charge in [0.25, 0.3) is 11.8 Å². The highest BCUT2D eigenvalue weighted by Crippen LogP contribution is 2.25. The zero-order chi connectivity index (χ0) is 19.6. The van der Waals surface area contributed by atoms with Crippen LogP contribution in [0.5, 0.6) is 0 Å². The largest absolute Gasteiger partial charge is 0.472 e. The number of rotatable bonds is 5. The van der Waals surface area contributed by atoms with E-state index in [4.69, 9.17) is 4.42 Å². The number of furan rings is 1. The molecule has 1 aliphatic rings. The van der Waals surface area contributed by atoms with Crippen LogP contribution in [-0.2, 0) is 15.1 Å². The predicted octanol–water partition coefficient (Wildman–Crippen LogP) is 1.09. The van der Waals surface area contributed by atoms with Crippen LogP contribution in [-0.4, -0.2) is 29.8 Å². The van der Waals surface area contributed by atoms with Gasteiger partial charge in [-0.05, 0) is 37.6 Å². The van der Waals surface area contributed by atoms with Crippen LogP contribution in [0.4, 0.5) is 10.5 Å². The van der Waals surface area contributed by atoms with Gasteiger partial charge in [0.2, 0.25) is 5.91 Å². The molecule has 2 atom stereocenters. The fraction of sp³-hybridized carbons (Fsp3) is 0.222. The summed E-state index contributed by atoms with van der Waals surface area (Å²) < 4.78 is 4.83. The van der Waals surface area contributed by atoms with E-state index in [9.17, 15) is 19.2 Å². The molecule has 3 rings (SSSR count). The van der Waals surface area contributed by atoms with Gasteiger partial charge in [-0.3, -0.25) is 19.7 Å². The minimum atomic E-state index is -1.16. The number of hydrogen-bond donors (Lipinski definition) is 4. The minimum Gasteiger partial charge on any atom is -0.472 e. The molecule has 2 aromatic rings. The highest BCUT2D eigenvalue weighted by atomic mass is 16.3. The molecule has 0 saturated carbocycles. The summed E-state index contributed by atoms with van der Waals surface area (Å²) in [6, 6.07) is 6.66. The Morgan fingerprint density at radius 3 is 2.41 bits per heavy atom. The van der Waals surface area contributed by atoms with E-state index in [2.05, 4.69) is 21.3 Å². The topological polar surface area (TPSA) is 130 Å². The Bertz CT molecular complexity index is 891. The number of benzene rings is 1. The van der Waals surface area contributed by atoms with E-state index in [1.165, 1.54) is 18.6 Å². The molecule has 2 heterocycles. The van der Waals surface area contributed by atoms with Gasteiger partial charge in [0, 0.05) is 5.69 Å². The SMILES string of the molecule is CC(NC(=O)c1ccoc1)C(=O)Nc1ccc(C2(C)NC(=O)NC2=O)cc1. The Balaban J connectivity index is 1.62. The molecule has 1 aromatic carbocycles. The first-order chi connectivity index (χ1) is 12.8. The van der Waals surface area contributed by atoms with Crippen LogP contribution < -0.4 is 21.3 Å². The second kappa shape index (κ2) is 6.94. The molecule has 1 aliphatic heterocycles. The summed E-state index contributed by atoms with van der Waals surface area (Å²) in [6.07, 6.45) is 2.66. The molecule has 27 heavy (non-hydrogen) atoms. The van der Waals surface area contributed by atoms with E-state index in [0.29, 0.717) is 16.8 Å². The van der Waals surface area contributed by atoms with Crippen LogP contribution in [0, 0.1) is 0 Å². The monoisotopic (exact) mass is 370 g/mol. The van der Waals surface area contributed by atoms with Crippen LogP contribution >= 0.6 is 0 Å². The van der Waals surface area contributed by atoms with Crippen LogP contribution in [0.2, 0.25) is 0 Å². The van der Waals surface area contributed by atoms with Crippen LogP contribution in [0.3, 0.4) is 0 Å². The first kappa shape index (κ1) is 18.2. The quantitative estimate of drug-likeness (QED) is 0.586. The first-order valence-electron chi connectivity index (χ1n) is 8.17. The third-order valence-electron chi connectivity index (χ3n) is 4.30. The van der Waals surface area contributed by atoms with Gasteiger partial charge in [0.15, 0.2) is 0 Å². The Morgan fingerprint density at radius 2 is 1.85 bits per heavy atom. The first-order valence-corrected chi connectivity index (χ1v) is 8.17. The van der Waals surface area contributed by atoms with E-state index in [1.807, 2.05) is 0 Å². The predicted molar refractivity (Wildman–Crippen MR) is 94.7 cm³/mol. The number of carbonyl (C=O) groups excluding carboxylic acids is 4. The Kier molecular flexibility index (Phi) is 4.68. The maximum atomic E-state index is 12.2. The minimum absolute atomic E-state index is 0.323. The van der Waals surface area contributed by atoms with Crippen molar-refractivity contribution < 1.29 is 23.6 Å². The summed E-state index contributed by atoms with van der Waals surface area (Å²) in [4.78, 5) is 47.5. The second-order valence-corrected chi connectivity index (χ2v) is 6.31. The van der Waals surface area contributed by atoms with Crippen molar-refractivity contribution in [1.82, 2.24) is 16.0 Å². The van der Waals surface area contributed by atoms with E-state index >= 15 is 0 Å². The van der Waals surface area contributed by atoms with Gasteiger partial charge in [-0.25, -0.2) is 4.79 Å². The van der Waals surface area contributed by atoms with Crippen LogP contribution in [0.25, 0.3) is 0 Å². The summed E-state index contributed by atoms with van der Waals surface area (Å²) in [5.74, 6) is -1.27. The lowest BCUT2D eigenvalue weighted by molar-refractivity contribution is -0.123. The number of imide groups is 1. The lowest BCUT2D eigenvalue weighted by atomic mass is 9.92. The van der Waals surface area contributed by atoms with Crippen molar-refractivity contribution in [2.75, 3.05) is 5.32 Å². The van der Waals surface area contributed by atoms with E-state index < -0.39 is 35.3 Å². The highest BCUT2D eigenvalue weighted by molar-refractivity contribution is 6.07. The number of amides is 5. The third-order valence-corrected chi connectivity index (χ3v) is 4.30. The smallest absolute Gasteiger partial charge is 0.322 e. The number of nitrogens with one attached hydrogen (secondary N) is 4. The maximum Gasteiger partial charge on any atom is 0.322 e. The Labute approximate surface area is 154 Å². The summed E-state index contributed by atoms with van der Waals surface area (Å²) in [6.45, 7) is 3.15. The molecule has 1 aromatic heterocycles. The van der Waals surface area contributed by atoms with Crippen molar-refractivity contribution in [3.8, 4) is 0 Å². The lowest BCUT2D eigenvalue weighted by Crippen LogP contribution is -2.41. The average molecular weight is 370 g/mol. The third kappa shape index (κ3) is 3.66. The average Bonchev–Trinajstić information content (AvgIpc) is 3.24. The summed E-state index contributed by atoms with van der Waals surface area (Å²) in [5, 5.41) is 10.0. The van der Waals surface area contributed by atoms with Gasteiger partial charge in [-0.1, -0.05) is 12.1 Å². The van der Waals surface area contributed by atoms with Gasteiger partial charge >= 0.3 is 6.03 Å². The molecule has 140 valence electrons. The molecule has 9 heteroatoms. The van der Waals surface area contributed by atoms with Gasteiger partial charge in [-0.15, -0.1) is 0 Å². The fourth-order valence-corrected chi connectivity index (χ4v) is 2.62. The maximum absolute atomic E-state index is 12.2. The normalized spacial score (nSPS) is 19.8. The van der Waals surface area contributed by atoms with E-state index in [-0.39, 0.29) is 0 Å². The number of hydrogen-bond acceptors (Lipinski definition) is 5. The van der Waals surface area contributed by atoms with Gasteiger partial charge in [-0.2, -0.15) is 0 Å². The standard InChI is InChI=1S/C18H18N4O5/c1-10(19-15(24)11-7-8-27-9-11)14(23)20-13-5-3-12(4-6-13)18(2)16(25)21-17(26)22-18/h3-10H,1-2H3,(H,19,24)(H,20,23)(H2,21,22,25,26). The van der Waals surface area contributed by atoms with Crippen molar-refractivity contribution in [3.63, 3.8) is 0 Å². The van der Waals surface area contributed by atoms with E-state index in [0.717, 1.165) is 0 Å². The lowest BCUT2D eigenvalue weighted by Gasteiger charge is -2.21. The molecule has 0 aliphatic carbocycles. The molecule has 2 unspecified atom stereocenters. The highest BCUT2D eigenvalue weighted by Gasteiger charge is 2.43. The molecular formula is C18H18N4O5. The summed E-state index contributed by atoms with van der Waals surface area (Å²) in [7, 11) is 0. The second-order valence-electron chi connectivity index (χ2n) is 6.31. The summed E-state index contributed by atoms with van der Waals surface area (Å²) in [5.41, 5.74) is 0.224. The van der Waals surface area contributed by atoms with E-state index in [1.54, 1.807) is 38.1 Å². The Hall–Kier alpha value is -3.62. The number of urea groups is 1. The Morgan fingerprint density at radius 1 is 1.15 bits per heavy atom.